The van der Waals surface area contributed by atoms with Crippen molar-refractivity contribution in [1.29, 1.82) is 0 Å². The van der Waals surface area contributed by atoms with Crippen molar-refractivity contribution in [3.8, 4) is 0 Å². The number of carboxylic acid groups (broad SMARTS) is 1. The first-order valence-corrected chi connectivity index (χ1v) is 5.33. The molecule has 0 aromatic carbocycles. The maximum atomic E-state index is 10.6. The number of nitrogens with zero attached hydrogens (tertiary/aromatic N) is 1. The molecule has 3 nitrogen and oxygen atoms in total. The molecule has 0 saturated heterocycles. The number of hydrogen-bond donors (Lipinski definition) is 1. The van der Waals surface area contributed by atoms with E-state index in [0.717, 1.165) is 16.9 Å². The van der Waals surface area contributed by atoms with E-state index in [1.54, 1.807) is 0 Å². The molecule has 1 atom stereocenters. The molecule has 1 rings (SSSR count). The summed E-state index contributed by atoms with van der Waals surface area (Å²) in [6.07, 6.45) is 0. The van der Waals surface area contributed by atoms with Crippen molar-refractivity contribution < 1.29 is 9.90 Å². The van der Waals surface area contributed by atoms with Gasteiger partial charge in [-0.15, -0.1) is 0 Å². The number of halogens is 3. The summed E-state index contributed by atoms with van der Waals surface area (Å²) in [5, 5.41) is 8.87. The predicted molar refractivity (Wildman–Crippen MR) is 54.4 cm³/mol. The van der Waals surface area contributed by atoms with Gasteiger partial charge in [0.15, 0.2) is 0 Å². The van der Waals surface area contributed by atoms with Crippen LogP contribution in [0, 0.1) is 0 Å². The van der Waals surface area contributed by atoms with Gasteiger partial charge in [-0.05, 0) is 0 Å². The molecule has 1 unspecified atom stereocenters. The number of carboxylic acids is 1. The molecule has 0 amide bonds. The van der Waals surface area contributed by atoms with Gasteiger partial charge >= 0.3 is 97.8 Å². The summed E-state index contributed by atoms with van der Waals surface area (Å²) in [7, 11) is 0. The Hall–Kier alpha value is 0.0484. The van der Waals surface area contributed by atoms with Gasteiger partial charge in [0.05, 0.1) is 0 Å². The number of rotatable bonds is 1. The molecule has 1 heterocycles. The molecule has 0 fully saturated rings. The van der Waals surface area contributed by atoms with E-state index in [4.69, 9.17) is 39.9 Å². The monoisotopic (exact) mass is 301 g/mol. The summed E-state index contributed by atoms with van der Waals surface area (Å²) in [6.45, 7) is 0. The van der Waals surface area contributed by atoms with E-state index in [1.807, 2.05) is 0 Å². The maximum absolute atomic E-state index is 10.6. The van der Waals surface area contributed by atoms with Crippen LogP contribution >= 0.6 is 34.8 Å². The standard InChI is InChI=1S/C6H3AsCl3NO2/c7-1-2(8)4(6(12)13)11-5(10)3(1)9/h7H2,(H,12,13). The van der Waals surface area contributed by atoms with Crippen molar-refractivity contribution in [1.82, 2.24) is 4.98 Å². The fourth-order valence-corrected chi connectivity index (χ4v) is 2.03. The zero-order valence-electron chi connectivity index (χ0n) is 6.01. The first kappa shape index (κ1) is 11.1. The average Bonchev–Trinajstić information content (AvgIpc) is 2.07. The Morgan fingerprint density at radius 1 is 1.31 bits per heavy atom. The van der Waals surface area contributed by atoms with Gasteiger partial charge in [-0.2, -0.15) is 0 Å². The third-order valence-electron chi connectivity index (χ3n) is 1.27. The molecular weight excluding hydrogens is 299 g/mol. The number of carbonyl (C=O) groups is 1. The van der Waals surface area contributed by atoms with Crippen LogP contribution < -0.4 is 4.35 Å². The zero-order valence-corrected chi connectivity index (χ0v) is 10.7. The van der Waals surface area contributed by atoms with Gasteiger partial charge in [-0.1, -0.05) is 0 Å². The number of aromatic carboxylic acids is 1. The van der Waals surface area contributed by atoms with Crippen LogP contribution in [0.5, 0.6) is 0 Å². The van der Waals surface area contributed by atoms with Gasteiger partial charge < -0.3 is 0 Å². The quantitative estimate of drug-likeness (QED) is 0.622. The predicted octanol–water partition coefficient (Wildman–Crippen LogP) is 0.998. The van der Waals surface area contributed by atoms with E-state index in [-0.39, 0.29) is 20.9 Å². The minimum atomic E-state index is -1.22. The second-order valence-corrected chi connectivity index (χ2v) is 4.42. The van der Waals surface area contributed by atoms with Gasteiger partial charge in [0.25, 0.3) is 0 Å². The van der Waals surface area contributed by atoms with Crippen LogP contribution in [0.25, 0.3) is 0 Å². The van der Waals surface area contributed by atoms with E-state index in [0.29, 0.717) is 4.35 Å². The molecule has 7 heteroatoms. The summed E-state index contributed by atoms with van der Waals surface area (Å²) >= 11 is 18.1. The first-order chi connectivity index (χ1) is 5.95. The van der Waals surface area contributed by atoms with Gasteiger partial charge in [0, 0.05) is 0 Å². The van der Waals surface area contributed by atoms with Crippen LogP contribution in [0.15, 0.2) is 0 Å². The van der Waals surface area contributed by atoms with Crippen molar-refractivity contribution in [3.63, 3.8) is 0 Å². The summed E-state index contributed by atoms with van der Waals surface area (Å²) in [5.41, 5.74) is -0.268. The molecular formula is C6H3AsCl3NO2. The molecule has 0 aliphatic heterocycles. The topological polar surface area (TPSA) is 50.2 Å². The Labute approximate surface area is 97.5 Å². The van der Waals surface area contributed by atoms with Crippen molar-refractivity contribution in [2.24, 2.45) is 0 Å². The molecule has 0 radical (unpaired) electrons. The van der Waals surface area contributed by atoms with Crippen LogP contribution in [-0.4, -0.2) is 32.9 Å². The van der Waals surface area contributed by atoms with Gasteiger partial charge in [0.1, 0.15) is 0 Å². The Morgan fingerprint density at radius 2 is 1.85 bits per heavy atom. The van der Waals surface area contributed by atoms with E-state index in [9.17, 15) is 4.79 Å². The Balaban J connectivity index is 3.50. The summed E-state index contributed by atoms with van der Waals surface area (Å²) in [4.78, 5) is 14.1. The zero-order chi connectivity index (χ0) is 10.2. The van der Waals surface area contributed by atoms with Crippen molar-refractivity contribution in [3.05, 3.63) is 20.9 Å². The number of aromatic nitrogens is 1. The summed E-state index contributed by atoms with van der Waals surface area (Å²) in [5.74, 6) is -1.22. The average molecular weight is 302 g/mol. The molecule has 0 aliphatic carbocycles. The summed E-state index contributed by atoms with van der Waals surface area (Å²) < 4.78 is 0.480. The van der Waals surface area contributed by atoms with Gasteiger partial charge in [0.2, 0.25) is 0 Å². The van der Waals surface area contributed by atoms with Crippen LogP contribution in [0.1, 0.15) is 10.5 Å². The number of pyridine rings is 1. The molecule has 0 spiro atoms. The van der Waals surface area contributed by atoms with Gasteiger partial charge in [-0.3, -0.25) is 0 Å². The Bertz CT molecular complexity index is 383. The molecule has 70 valence electrons. The normalized spacial score (nSPS) is 10.2. The second-order valence-electron chi connectivity index (χ2n) is 2.10. The fourth-order valence-electron chi connectivity index (χ4n) is 0.673. The van der Waals surface area contributed by atoms with E-state index < -0.39 is 5.97 Å². The van der Waals surface area contributed by atoms with Crippen molar-refractivity contribution in [2.75, 3.05) is 0 Å². The SMILES string of the molecule is O=C(O)c1nc(Cl)c(Cl)c([AsH2])c1Cl. The second kappa shape index (κ2) is 4.05. The molecule has 13 heavy (non-hydrogen) atoms. The van der Waals surface area contributed by atoms with Crippen LogP contribution in [0.3, 0.4) is 0 Å². The number of hydrogen-bond acceptors (Lipinski definition) is 2. The summed E-state index contributed by atoms with van der Waals surface area (Å²) in [6, 6.07) is 0. The van der Waals surface area contributed by atoms with Crippen LogP contribution in [0.4, 0.5) is 0 Å². The van der Waals surface area contributed by atoms with Gasteiger partial charge in [-0.25, -0.2) is 0 Å². The Morgan fingerprint density at radius 3 is 2.31 bits per heavy atom. The molecule has 1 N–H and O–H groups in total. The van der Waals surface area contributed by atoms with E-state index >= 15 is 0 Å². The van der Waals surface area contributed by atoms with Crippen molar-refractivity contribution >= 4 is 62.0 Å². The third-order valence-corrected chi connectivity index (χ3v) is 4.39. The fraction of sp³-hybridized carbons (Fsp3) is 0. The first-order valence-electron chi connectivity index (χ1n) is 2.98. The molecule has 0 bridgehead atoms. The van der Waals surface area contributed by atoms with E-state index in [2.05, 4.69) is 4.98 Å². The minimum absolute atomic E-state index is 0.0390. The molecule has 1 aromatic rings. The van der Waals surface area contributed by atoms with E-state index in [1.165, 1.54) is 0 Å². The van der Waals surface area contributed by atoms with Crippen molar-refractivity contribution in [2.45, 2.75) is 0 Å². The Kier molecular flexibility index (Phi) is 3.47. The molecule has 0 saturated carbocycles. The van der Waals surface area contributed by atoms with Crippen LogP contribution in [-0.2, 0) is 0 Å². The molecule has 0 aliphatic rings. The molecule has 1 aromatic heterocycles. The van der Waals surface area contributed by atoms with Crippen LogP contribution in [0.2, 0.25) is 15.2 Å². The third kappa shape index (κ3) is 2.10.